The van der Waals surface area contributed by atoms with Crippen molar-refractivity contribution < 1.29 is 9.53 Å². The van der Waals surface area contributed by atoms with Gasteiger partial charge in [0.1, 0.15) is 5.84 Å². The monoisotopic (exact) mass is 443 g/mol. The fraction of sp³-hybridized carbons (Fsp3) is 0.308. The zero-order valence-electron chi connectivity index (χ0n) is 19.1. The summed E-state index contributed by atoms with van der Waals surface area (Å²) in [6, 6.07) is 17.6. The molecule has 1 fully saturated rings. The van der Waals surface area contributed by atoms with E-state index in [0.717, 1.165) is 54.9 Å². The predicted octanol–water partition coefficient (Wildman–Crippen LogP) is 4.26. The van der Waals surface area contributed by atoms with Gasteiger partial charge in [-0.25, -0.2) is 9.98 Å². The minimum absolute atomic E-state index is 0.133. The van der Waals surface area contributed by atoms with Crippen LogP contribution in [0.3, 0.4) is 0 Å². The summed E-state index contributed by atoms with van der Waals surface area (Å²) in [7, 11) is 0. The predicted molar refractivity (Wildman–Crippen MR) is 133 cm³/mol. The topological polar surface area (TPSA) is 104 Å². The number of benzene rings is 2. The Morgan fingerprint density at radius 3 is 2.70 bits per heavy atom. The van der Waals surface area contributed by atoms with Gasteiger partial charge in [-0.1, -0.05) is 36.4 Å². The molecule has 2 aromatic rings. The summed E-state index contributed by atoms with van der Waals surface area (Å²) in [4.78, 5) is 22.6. The number of hydrogen-bond acceptors (Lipinski definition) is 4. The zero-order chi connectivity index (χ0) is 23.6. The molecule has 0 aliphatic carbocycles. The lowest BCUT2D eigenvalue weighted by atomic mass is 9.97. The van der Waals surface area contributed by atoms with Crippen LogP contribution in [0.15, 0.2) is 64.1 Å². The highest BCUT2D eigenvalue weighted by molar-refractivity contribution is 5.98. The Kier molecular flexibility index (Phi) is 8.50. The number of amidine groups is 1. The number of anilines is 1. The summed E-state index contributed by atoms with van der Waals surface area (Å²) < 4.78 is 5.52. The third kappa shape index (κ3) is 6.15. The van der Waals surface area contributed by atoms with Crippen LogP contribution in [-0.2, 0) is 16.0 Å². The summed E-state index contributed by atoms with van der Waals surface area (Å²) >= 11 is 0. The van der Waals surface area contributed by atoms with Gasteiger partial charge in [-0.05, 0) is 55.9 Å². The second-order valence-corrected chi connectivity index (χ2v) is 7.98. The summed E-state index contributed by atoms with van der Waals surface area (Å²) in [5, 5.41) is 9.31. The molecule has 0 saturated carbocycles. The van der Waals surface area contributed by atoms with Crippen molar-refractivity contribution in [3.8, 4) is 6.07 Å². The number of ether oxygens (including phenoxy) is 1. The van der Waals surface area contributed by atoms with Gasteiger partial charge in [0.05, 0.1) is 30.3 Å². The van der Waals surface area contributed by atoms with Gasteiger partial charge in [0, 0.05) is 24.4 Å². The van der Waals surface area contributed by atoms with Crippen LogP contribution in [-0.4, -0.2) is 38.3 Å². The number of hydrogen-bond donors (Lipinski definition) is 1. The standard InChI is InChI=1S/C26H29N5O2/c1-19(14-27)20(2)23-8-4-6-10-25(23)31(18-32)15-26(29-17-28)30-24-9-5-3-7-22(24)13-21-11-12-33-16-21/h3-10,17-18,21H,11-13,15-16H2,1-2H3,(H2,28,29,30)/b20-19+. The molecule has 1 heterocycles. The van der Waals surface area contributed by atoms with Gasteiger partial charge >= 0.3 is 0 Å². The molecule has 1 amide bonds. The molecule has 0 spiro atoms. The first-order valence-corrected chi connectivity index (χ1v) is 10.9. The molecular formula is C26H29N5O2. The van der Waals surface area contributed by atoms with E-state index in [1.54, 1.807) is 6.92 Å². The largest absolute Gasteiger partial charge is 0.390 e. The first-order chi connectivity index (χ1) is 16.1. The van der Waals surface area contributed by atoms with E-state index in [0.29, 0.717) is 23.0 Å². The Hall–Kier alpha value is -3.76. The lowest BCUT2D eigenvalue weighted by molar-refractivity contribution is -0.107. The van der Waals surface area contributed by atoms with Gasteiger partial charge < -0.3 is 15.4 Å². The highest BCUT2D eigenvalue weighted by Gasteiger charge is 2.18. The fourth-order valence-corrected chi connectivity index (χ4v) is 3.84. The second kappa shape index (κ2) is 11.7. The highest BCUT2D eigenvalue weighted by Crippen LogP contribution is 2.29. The van der Waals surface area contributed by atoms with Gasteiger partial charge in [0.2, 0.25) is 6.41 Å². The molecule has 3 rings (SSSR count). The molecule has 0 bridgehead atoms. The van der Waals surface area contributed by atoms with E-state index in [-0.39, 0.29) is 6.54 Å². The number of amides is 1. The van der Waals surface area contributed by atoms with Crippen LogP contribution in [0.5, 0.6) is 0 Å². The molecule has 1 atom stereocenters. The summed E-state index contributed by atoms with van der Waals surface area (Å²) in [6.07, 6.45) is 3.84. The molecule has 2 aromatic carbocycles. The van der Waals surface area contributed by atoms with E-state index in [1.807, 2.05) is 49.4 Å². The van der Waals surface area contributed by atoms with Crippen molar-refractivity contribution in [3.63, 3.8) is 0 Å². The van der Waals surface area contributed by atoms with E-state index in [4.69, 9.17) is 15.5 Å². The Balaban J connectivity index is 1.94. The number of para-hydroxylation sites is 2. The number of nitrogens with zero attached hydrogens (tertiary/aromatic N) is 4. The molecule has 0 radical (unpaired) electrons. The van der Waals surface area contributed by atoms with E-state index >= 15 is 0 Å². The number of rotatable bonds is 8. The van der Waals surface area contributed by atoms with Gasteiger partial charge in [-0.2, -0.15) is 5.26 Å². The molecule has 1 aliphatic heterocycles. The quantitative estimate of drug-likeness (QED) is 0.285. The van der Waals surface area contributed by atoms with Crippen molar-refractivity contribution in [2.24, 2.45) is 21.6 Å². The Morgan fingerprint density at radius 2 is 2.00 bits per heavy atom. The first-order valence-electron chi connectivity index (χ1n) is 10.9. The maximum atomic E-state index is 12.1. The lowest BCUT2D eigenvalue weighted by Gasteiger charge is -2.21. The van der Waals surface area contributed by atoms with Crippen LogP contribution in [0.4, 0.5) is 11.4 Å². The van der Waals surface area contributed by atoms with Gasteiger partial charge in [-0.3, -0.25) is 4.79 Å². The third-order valence-corrected chi connectivity index (χ3v) is 5.78. The van der Waals surface area contributed by atoms with Crippen LogP contribution in [0.25, 0.3) is 5.57 Å². The molecule has 7 heteroatoms. The van der Waals surface area contributed by atoms with Crippen LogP contribution in [0.1, 0.15) is 31.4 Å². The van der Waals surface area contributed by atoms with E-state index < -0.39 is 0 Å². The first kappa shape index (κ1) is 23.9. The van der Waals surface area contributed by atoms with Gasteiger partial charge in [0.25, 0.3) is 0 Å². The number of carbonyl (C=O) groups is 1. The van der Waals surface area contributed by atoms with Crippen molar-refractivity contribution in [2.75, 3.05) is 24.7 Å². The molecule has 1 unspecified atom stereocenters. The maximum absolute atomic E-state index is 12.1. The van der Waals surface area contributed by atoms with E-state index in [2.05, 4.69) is 17.1 Å². The molecule has 33 heavy (non-hydrogen) atoms. The summed E-state index contributed by atoms with van der Waals surface area (Å²) in [6.45, 7) is 5.32. The molecule has 7 nitrogen and oxygen atoms in total. The number of carbonyl (C=O) groups excluding carboxylic acids is 1. The zero-order valence-corrected chi connectivity index (χ0v) is 19.1. The SMILES string of the molecule is C/C(C#N)=C(/C)c1ccccc1N(C=O)CC(N=CN)=Nc1ccccc1CC1CCOC1. The lowest BCUT2D eigenvalue weighted by Crippen LogP contribution is -2.28. The second-order valence-electron chi connectivity index (χ2n) is 7.98. The fourth-order valence-electron chi connectivity index (χ4n) is 3.84. The molecular weight excluding hydrogens is 414 g/mol. The minimum Gasteiger partial charge on any atom is -0.390 e. The number of aliphatic imine (C=N–C) groups is 2. The van der Waals surface area contributed by atoms with Gasteiger partial charge in [-0.15, -0.1) is 0 Å². The van der Waals surface area contributed by atoms with Crippen molar-refractivity contribution >= 4 is 35.5 Å². The van der Waals surface area contributed by atoms with Crippen molar-refractivity contribution in [2.45, 2.75) is 26.7 Å². The average molecular weight is 444 g/mol. The number of allylic oxidation sites excluding steroid dienone is 2. The Labute approximate surface area is 194 Å². The smallest absolute Gasteiger partial charge is 0.214 e. The molecule has 170 valence electrons. The Bertz CT molecular complexity index is 1110. The molecule has 2 N–H and O–H groups in total. The Morgan fingerprint density at radius 1 is 1.24 bits per heavy atom. The minimum atomic E-state index is 0.133. The van der Waals surface area contributed by atoms with Crippen LogP contribution < -0.4 is 10.6 Å². The number of nitrogens with two attached hydrogens (primary N) is 1. The molecule has 1 saturated heterocycles. The summed E-state index contributed by atoms with van der Waals surface area (Å²) in [5.74, 6) is 0.882. The van der Waals surface area contributed by atoms with E-state index in [9.17, 15) is 10.1 Å². The average Bonchev–Trinajstić information content (AvgIpc) is 3.36. The number of nitriles is 1. The third-order valence-electron chi connectivity index (χ3n) is 5.78. The maximum Gasteiger partial charge on any atom is 0.214 e. The van der Waals surface area contributed by atoms with Crippen LogP contribution in [0, 0.1) is 17.2 Å². The molecule has 1 aliphatic rings. The summed E-state index contributed by atoms with van der Waals surface area (Å²) in [5.41, 5.74) is 10.4. The highest BCUT2D eigenvalue weighted by atomic mass is 16.5. The van der Waals surface area contributed by atoms with Crippen LogP contribution >= 0.6 is 0 Å². The van der Waals surface area contributed by atoms with Gasteiger partial charge in [0.15, 0.2) is 0 Å². The van der Waals surface area contributed by atoms with E-state index in [1.165, 1.54) is 11.2 Å². The van der Waals surface area contributed by atoms with Crippen molar-refractivity contribution in [3.05, 3.63) is 65.2 Å². The molecule has 0 aromatic heterocycles. The van der Waals surface area contributed by atoms with Crippen molar-refractivity contribution in [1.29, 1.82) is 5.26 Å². The van der Waals surface area contributed by atoms with Crippen molar-refractivity contribution in [1.82, 2.24) is 0 Å². The van der Waals surface area contributed by atoms with Crippen LogP contribution in [0.2, 0.25) is 0 Å². The normalized spacial score (nSPS) is 17.0.